The first kappa shape index (κ1) is 24.2. The van der Waals surface area contributed by atoms with Crippen molar-refractivity contribution in [3.63, 3.8) is 0 Å². The van der Waals surface area contributed by atoms with Crippen molar-refractivity contribution < 1.29 is 31.9 Å². The largest absolute Gasteiger partial charge is 0.401 e. The number of fused-ring (bicyclic) bond motifs is 2. The van der Waals surface area contributed by atoms with Gasteiger partial charge in [0.1, 0.15) is 29.2 Å². The standard InChI is InChI=1S/C25H20Cl2F4N2O3/c26-13-7-15(20(28)17(27)8-13)23-19(25(29,30)31)21(33-36-23)12-3-4-16-14(6-12)22(18(34)5-11-1-2-11)35-24(16)9-32-10-24/h3-4,6-8,11,19,22-23,32H,1-2,5,9-10H2. The minimum atomic E-state index is -4.82. The molecule has 2 aromatic carbocycles. The molecule has 0 aromatic heterocycles. The predicted octanol–water partition coefficient (Wildman–Crippen LogP) is 6.03. The molecule has 1 N–H and O–H groups in total. The minimum absolute atomic E-state index is 0.0273. The first-order valence-corrected chi connectivity index (χ1v) is 12.3. The van der Waals surface area contributed by atoms with Gasteiger partial charge < -0.3 is 14.9 Å². The Hall–Kier alpha value is -2.20. The number of hydrogen-bond donors (Lipinski definition) is 1. The number of nitrogens with one attached hydrogen (secondary N) is 1. The number of nitrogens with zero attached hydrogens (tertiary/aromatic N) is 1. The third-order valence-electron chi connectivity index (χ3n) is 7.31. The Kier molecular flexibility index (Phi) is 5.64. The summed E-state index contributed by atoms with van der Waals surface area (Å²) >= 11 is 11.8. The van der Waals surface area contributed by atoms with Gasteiger partial charge in [0, 0.05) is 35.7 Å². The molecule has 1 aliphatic carbocycles. The summed E-state index contributed by atoms with van der Waals surface area (Å²) in [7, 11) is 0. The topological polar surface area (TPSA) is 59.9 Å². The third kappa shape index (κ3) is 3.91. The lowest BCUT2D eigenvalue weighted by atomic mass is 9.83. The predicted molar refractivity (Wildman–Crippen MR) is 123 cm³/mol. The van der Waals surface area contributed by atoms with Crippen LogP contribution in [0.5, 0.6) is 0 Å². The van der Waals surface area contributed by atoms with Crippen molar-refractivity contribution in [3.8, 4) is 0 Å². The Bertz CT molecular complexity index is 1290. The molecule has 3 heterocycles. The number of hydrogen-bond acceptors (Lipinski definition) is 5. The Morgan fingerprint density at radius 3 is 2.53 bits per heavy atom. The van der Waals surface area contributed by atoms with Crippen LogP contribution in [-0.4, -0.2) is 30.8 Å². The molecule has 1 spiro atoms. The summed E-state index contributed by atoms with van der Waals surface area (Å²) in [5.74, 6) is -3.07. The average molecular weight is 543 g/mol. The molecular formula is C25H20Cl2F4N2O3. The van der Waals surface area contributed by atoms with E-state index in [1.54, 1.807) is 6.07 Å². The fourth-order valence-electron chi connectivity index (χ4n) is 5.24. The second-order valence-corrected chi connectivity index (χ2v) is 10.7. The zero-order valence-electron chi connectivity index (χ0n) is 18.7. The summed E-state index contributed by atoms with van der Waals surface area (Å²) in [6.07, 6.45) is -5.12. The lowest BCUT2D eigenvalue weighted by Crippen LogP contribution is -2.57. The number of carbonyl (C=O) groups excluding carboxylic acids is 1. The Balaban J connectivity index is 1.39. The smallest absolute Gasteiger partial charge is 0.386 e. The quantitative estimate of drug-likeness (QED) is 0.370. The molecule has 3 unspecified atom stereocenters. The van der Waals surface area contributed by atoms with Crippen molar-refractivity contribution in [3.05, 3.63) is 68.4 Å². The molecule has 2 fully saturated rings. The van der Waals surface area contributed by atoms with Crippen LogP contribution >= 0.6 is 23.2 Å². The lowest BCUT2D eigenvalue weighted by molar-refractivity contribution is -0.178. The molecule has 0 amide bonds. The van der Waals surface area contributed by atoms with Crippen molar-refractivity contribution in [2.45, 2.75) is 43.2 Å². The molecule has 1 saturated carbocycles. The molecule has 2 aromatic rings. The monoisotopic (exact) mass is 542 g/mol. The van der Waals surface area contributed by atoms with Crippen molar-refractivity contribution in [2.75, 3.05) is 13.1 Å². The van der Waals surface area contributed by atoms with Crippen LogP contribution in [0.4, 0.5) is 17.6 Å². The van der Waals surface area contributed by atoms with Gasteiger partial charge >= 0.3 is 6.18 Å². The third-order valence-corrected chi connectivity index (χ3v) is 7.80. The van der Waals surface area contributed by atoms with E-state index < -0.39 is 52.0 Å². The number of benzene rings is 2. The van der Waals surface area contributed by atoms with E-state index in [0.29, 0.717) is 31.0 Å². The van der Waals surface area contributed by atoms with Gasteiger partial charge in [0.25, 0.3) is 0 Å². The van der Waals surface area contributed by atoms with Crippen molar-refractivity contribution in [1.29, 1.82) is 0 Å². The second-order valence-electron chi connectivity index (χ2n) is 9.82. The molecule has 36 heavy (non-hydrogen) atoms. The van der Waals surface area contributed by atoms with Crippen LogP contribution in [0.3, 0.4) is 0 Å². The average Bonchev–Trinajstić information content (AvgIpc) is 3.36. The fraction of sp³-hybridized carbons (Fsp3) is 0.440. The molecule has 190 valence electrons. The van der Waals surface area contributed by atoms with Gasteiger partial charge in [-0.3, -0.25) is 4.79 Å². The van der Waals surface area contributed by atoms with E-state index in [9.17, 15) is 22.4 Å². The Morgan fingerprint density at radius 2 is 1.89 bits per heavy atom. The number of carbonyl (C=O) groups is 1. The molecule has 6 rings (SSSR count). The molecule has 3 atom stereocenters. The van der Waals surface area contributed by atoms with Gasteiger partial charge in [0.2, 0.25) is 0 Å². The zero-order chi connectivity index (χ0) is 25.4. The van der Waals surface area contributed by atoms with Gasteiger partial charge in [-0.05, 0) is 48.1 Å². The van der Waals surface area contributed by atoms with Crippen LogP contribution in [0.25, 0.3) is 0 Å². The maximum atomic E-state index is 14.7. The van der Waals surface area contributed by atoms with Crippen molar-refractivity contribution >= 4 is 34.7 Å². The lowest BCUT2D eigenvalue weighted by Gasteiger charge is -2.39. The highest BCUT2D eigenvalue weighted by atomic mass is 35.5. The Labute approximate surface area is 213 Å². The van der Waals surface area contributed by atoms with E-state index in [1.807, 2.05) is 0 Å². The van der Waals surface area contributed by atoms with Gasteiger partial charge in [-0.1, -0.05) is 40.5 Å². The summed E-state index contributed by atoms with van der Waals surface area (Å²) in [6.45, 7) is 1.03. The first-order valence-electron chi connectivity index (χ1n) is 11.6. The van der Waals surface area contributed by atoms with Crippen LogP contribution in [0.15, 0.2) is 35.5 Å². The number of Topliss-reactive ketones (excluding diaryl/α,β-unsaturated/α-hetero) is 1. The van der Waals surface area contributed by atoms with Gasteiger partial charge in [-0.25, -0.2) is 4.39 Å². The molecule has 0 bridgehead atoms. The summed E-state index contributed by atoms with van der Waals surface area (Å²) in [6, 6.07) is 6.89. The summed E-state index contributed by atoms with van der Waals surface area (Å²) in [4.78, 5) is 18.2. The second kappa shape index (κ2) is 8.41. The summed E-state index contributed by atoms with van der Waals surface area (Å²) in [5.41, 5.74) is -0.0560. The molecule has 11 heteroatoms. The highest BCUT2D eigenvalue weighted by Gasteiger charge is 2.56. The number of ether oxygens (including phenoxy) is 1. The van der Waals surface area contributed by atoms with Crippen LogP contribution < -0.4 is 5.32 Å². The number of alkyl halides is 3. The van der Waals surface area contributed by atoms with E-state index in [1.165, 1.54) is 12.1 Å². The zero-order valence-corrected chi connectivity index (χ0v) is 20.2. The number of halogens is 6. The van der Waals surface area contributed by atoms with Gasteiger partial charge in [0.05, 0.1) is 5.02 Å². The highest BCUT2D eigenvalue weighted by Crippen LogP contribution is 2.50. The summed E-state index contributed by atoms with van der Waals surface area (Å²) in [5, 5.41) is 6.45. The van der Waals surface area contributed by atoms with E-state index in [-0.39, 0.29) is 16.4 Å². The SMILES string of the molecule is O=C(CC1CC1)C1OC2(CNC2)c2ccc(C3=NOC(c4cc(Cl)cc(Cl)c4F)C3C(F)(F)F)cc21. The number of rotatable bonds is 5. The maximum Gasteiger partial charge on any atom is 0.401 e. The van der Waals surface area contributed by atoms with E-state index in [0.717, 1.165) is 30.5 Å². The number of oxime groups is 1. The normalized spacial score (nSPS) is 26.4. The van der Waals surface area contributed by atoms with Gasteiger partial charge in [0.15, 0.2) is 11.9 Å². The molecule has 0 radical (unpaired) electrons. The van der Waals surface area contributed by atoms with E-state index >= 15 is 0 Å². The maximum absolute atomic E-state index is 14.7. The molecule has 3 aliphatic heterocycles. The molecular weight excluding hydrogens is 523 g/mol. The first-order chi connectivity index (χ1) is 17.1. The number of ketones is 1. The van der Waals surface area contributed by atoms with E-state index in [2.05, 4.69) is 10.5 Å². The molecule has 1 saturated heterocycles. The highest BCUT2D eigenvalue weighted by molar-refractivity contribution is 6.34. The van der Waals surface area contributed by atoms with Crippen LogP contribution in [0.1, 0.15) is 53.7 Å². The van der Waals surface area contributed by atoms with Crippen LogP contribution in [-0.2, 0) is 20.0 Å². The molecule has 4 aliphatic rings. The minimum Gasteiger partial charge on any atom is -0.386 e. The summed E-state index contributed by atoms with van der Waals surface area (Å²) < 4.78 is 64.0. The van der Waals surface area contributed by atoms with Gasteiger partial charge in [-0.15, -0.1) is 0 Å². The van der Waals surface area contributed by atoms with E-state index in [4.69, 9.17) is 32.8 Å². The van der Waals surface area contributed by atoms with Gasteiger partial charge in [-0.2, -0.15) is 13.2 Å². The van der Waals surface area contributed by atoms with Crippen LogP contribution in [0.2, 0.25) is 10.0 Å². The Morgan fingerprint density at radius 1 is 1.14 bits per heavy atom. The van der Waals surface area contributed by atoms with Crippen molar-refractivity contribution in [1.82, 2.24) is 5.32 Å². The molecule has 5 nitrogen and oxygen atoms in total. The van der Waals surface area contributed by atoms with Crippen LogP contribution in [0, 0.1) is 17.7 Å². The fourth-order valence-corrected chi connectivity index (χ4v) is 5.75. The van der Waals surface area contributed by atoms with Crippen molar-refractivity contribution in [2.24, 2.45) is 17.0 Å².